The Labute approximate surface area is 185 Å². The van der Waals surface area contributed by atoms with Gasteiger partial charge < -0.3 is 19.5 Å². The van der Waals surface area contributed by atoms with E-state index in [4.69, 9.17) is 20.9 Å². The normalized spacial score (nSPS) is 10.4. The van der Waals surface area contributed by atoms with E-state index in [2.05, 4.69) is 17.1 Å². The van der Waals surface area contributed by atoms with Gasteiger partial charge in [0.25, 0.3) is 11.8 Å². The number of aromatic nitrogens is 1. The zero-order chi connectivity index (χ0) is 22.1. The van der Waals surface area contributed by atoms with Gasteiger partial charge in [0.05, 0.1) is 6.54 Å². The van der Waals surface area contributed by atoms with E-state index < -0.39 is 0 Å². The maximum absolute atomic E-state index is 12.5. The van der Waals surface area contributed by atoms with Gasteiger partial charge >= 0.3 is 0 Å². The molecule has 0 fully saturated rings. The summed E-state index contributed by atoms with van der Waals surface area (Å²) in [6.07, 6.45) is 1.61. The van der Waals surface area contributed by atoms with Crippen molar-refractivity contribution in [3.8, 4) is 5.75 Å². The minimum Gasteiger partial charge on any atom is -0.484 e. The summed E-state index contributed by atoms with van der Waals surface area (Å²) in [4.78, 5) is 26.4. The Morgan fingerprint density at radius 2 is 1.97 bits per heavy atom. The Morgan fingerprint density at radius 3 is 2.71 bits per heavy atom. The third-order valence-corrected chi connectivity index (χ3v) is 4.52. The van der Waals surface area contributed by atoms with E-state index in [9.17, 15) is 9.59 Å². The van der Waals surface area contributed by atoms with Crippen LogP contribution in [0.15, 0.2) is 77.8 Å². The van der Waals surface area contributed by atoms with Gasteiger partial charge in [-0.1, -0.05) is 53.2 Å². The minimum absolute atomic E-state index is 0.126. The summed E-state index contributed by atoms with van der Waals surface area (Å²) in [5.74, 6) is 0.353. The van der Waals surface area contributed by atoms with Gasteiger partial charge in [-0.15, -0.1) is 6.58 Å². The molecule has 0 saturated heterocycles. The second kappa shape index (κ2) is 11.0. The Morgan fingerprint density at radius 1 is 1.16 bits per heavy atom. The van der Waals surface area contributed by atoms with Gasteiger partial charge in [-0.2, -0.15) is 0 Å². The van der Waals surface area contributed by atoms with Gasteiger partial charge in [0.15, 0.2) is 18.1 Å². The van der Waals surface area contributed by atoms with Crippen LogP contribution in [0.5, 0.6) is 5.75 Å². The van der Waals surface area contributed by atoms with Crippen LogP contribution in [0.4, 0.5) is 0 Å². The summed E-state index contributed by atoms with van der Waals surface area (Å²) in [6.45, 7) is 4.30. The van der Waals surface area contributed by atoms with Gasteiger partial charge in [0.2, 0.25) is 0 Å². The Kier molecular flexibility index (Phi) is 7.84. The number of hydrogen-bond acceptors (Lipinski definition) is 5. The van der Waals surface area contributed by atoms with Crippen LogP contribution in [0.1, 0.15) is 21.8 Å². The maximum atomic E-state index is 12.5. The van der Waals surface area contributed by atoms with Gasteiger partial charge in [0.1, 0.15) is 5.75 Å². The van der Waals surface area contributed by atoms with Gasteiger partial charge in [-0.3, -0.25) is 9.59 Å². The number of ether oxygens (including phenoxy) is 1. The zero-order valence-electron chi connectivity index (χ0n) is 16.8. The van der Waals surface area contributed by atoms with E-state index in [0.29, 0.717) is 29.6 Å². The number of nitrogens with zero attached hydrogens (tertiary/aromatic N) is 2. The summed E-state index contributed by atoms with van der Waals surface area (Å²) in [6, 6.07) is 17.8. The fourth-order valence-corrected chi connectivity index (χ4v) is 2.98. The van der Waals surface area contributed by atoms with E-state index in [1.807, 2.05) is 30.3 Å². The highest BCUT2D eigenvalue weighted by molar-refractivity contribution is 6.30. The van der Waals surface area contributed by atoms with Crippen molar-refractivity contribution >= 4 is 23.4 Å². The van der Waals surface area contributed by atoms with Crippen LogP contribution in [-0.4, -0.2) is 35.0 Å². The highest BCUT2D eigenvalue weighted by Gasteiger charge is 2.18. The monoisotopic (exact) mass is 439 g/mol. The van der Waals surface area contributed by atoms with Crippen molar-refractivity contribution in [2.45, 2.75) is 13.1 Å². The van der Waals surface area contributed by atoms with E-state index in [0.717, 1.165) is 5.56 Å². The molecule has 0 saturated carbocycles. The van der Waals surface area contributed by atoms with Crippen molar-refractivity contribution < 1.29 is 18.8 Å². The molecule has 1 aromatic heterocycles. The summed E-state index contributed by atoms with van der Waals surface area (Å²) in [7, 11) is 0. The fraction of sp³-hybridized carbons (Fsp3) is 0.174. The van der Waals surface area contributed by atoms with Crippen LogP contribution in [0.2, 0.25) is 5.02 Å². The van der Waals surface area contributed by atoms with Crippen molar-refractivity contribution in [2.75, 3.05) is 13.2 Å². The highest BCUT2D eigenvalue weighted by Crippen LogP contribution is 2.12. The first kappa shape index (κ1) is 22.1. The molecule has 7 nitrogen and oxygen atoms in total. The van der Waals surface area contributed by atoms with E-state index >= 15 is 0 Å². The average molecular weight is 440 g/mol. The molecule has 3 rings (SSSR count). The number of para-hydroxylation sites is 1. The molecule has 2 amide bonds. The van der Waals surface area contributed by atoms with Crippen LogP contribution >= 0.6 is 11.6 Å². The number of carbonyl (C=O) groups is 2. The quantitative estimate of drug-likeness (QED) is 0.485. The van der Waals surface area contributed by atoms with Crippen molar-refractivity contribution in [3.05, 3.63) is 95.4 Å². The first-order valence-corrected chi connectivity index (χ1v) is 9.97. The zero-order valence-corrected chi connectivity index (χ0v) is 17.5. The Bertz CT molecular complexity index is 1040. The number of rotatable bonds is 10. The molecule has 160 valence electrons. The third kappa shape index (κ3) is 6.72. The number of hydrogen-bond donors (Lipinski definition) is 1. The Hall–Kier alpha value is -3.58. The number of benzene rings is 2. The van der Waals surface area contributed by atoms with E-state index in [1.165, 1.54) is 11.0 Å². The summed E-state index contributed by atoms with van der Waals surface area (Å²) in [5, 5.41) is 7.16. The molecule has 2 aromatic carbocycles. The average Bonchev–Trinajstić information content (AvgIpc) is 3.25. The van der Waals surface area contributed by atoms with Crippen molar-refractivity contribution in [3.63, 3.8) is 0 Å². The molecule has 0 unspecified atom stereocenters. The lowest BCUT2D eigenvalue weighted by molar-refractivity contribution is -0.133. The molecule has 0 radical (unpaired) electrons. The predicted octanol–water partition coefficient (Wildman–Crippen LogP) is 3.85. The fourth-order valence-electron chi connectivity index (χ4n) is 2.77. The standard InChI is InChI=1S/C23H22ClN3O4/c1-2-11-27(22(28)16-30-19-9-4-3-5-10-19)15-20-13-21(26-31-20)23(29)25-14-17-7-6-8-18(24)12-17/h2-10,12-13H,1,11,14-16H2,(H,25,29). The lowest BCUT2D eigenvalue weighted by Gasteiger charge is -2.19. The molecule has 0 aliphatic carbocycles. The molecule has 3 aromatic rings. The number of carbonyl (C=O) groups excluding carboxylic acids is 2. The van der Waals surface area contributed by atoms with Crippen LogP contribution < -0.4 is 10.1 Å². The summed E-state index contributed by atoms with van der Waals surface area (Å²) in [5.41, 5.74) is 0.995. The lowest BCUT2D eigenvalue weighted by atomic mass is 10.2. The first-order valence-electron chi connectivity index (χ1n) is 9.60. The lowest BCUT2D eigenvalue weighted by Crippen LogP contribution is -2.34. The van der Waals surface area contributed by atoms with E-state index in [1.54, 1.807) is 30.3 Å². The smallest absolute Gasteiger partial charge is 0.273 e. The van der Waals surface area contributed by atoms with Gasteiger partial charge in [0, 0.05) is 24.2 Å². The topological polar surface area (TPSA) is 84.7 Å². The summed E-state index contributed by atoms with van der Waals surface area (Å²) >= 11 is 5.95. The molecule has 0 aliphatic rings. The molecular formula is C23H22ClN3O4. The number of amides is 2. The van der Waals surface area contributed by atoms with Crippen LogP contribution in [0.3, 0.4) is 0 Å². The molecule has 1 N–H and O–H groups in total. The molecule has 0 bridgehead atoms. The van der Waals surface area contributed by atoms with Gasteiger partial charge in [-0.25, -0.2) is 0 Å². The largest absolute Gasteiger partial charge is 0.484 e. The second-order valence-electron chi connectivity index (χ2n) is 6.66. The molecular weight excluding hydrogens is 418 g/mol. The van der Waals surface area contributed by atoms with Crippen molar-refractivity contribution in [1.29, 1.82) is 0 Å². The Balaban J connectivity index is 1.55. The molecule has 0 aliphatic heterocycles. The van der Waals surface area contributed by atoms with Crippen LogP contribution in [0.25, 0.3) is 0 Å². The molecule has 1 heterocycles. The predicted molar refractivity (Wildman–Crippen MR) is 117 cm³/mol. The van der Waals surface area contributed by atoms with Crippen molar-refractivity contribution in [2.24, 2.45) is 0 Å². The number of nitrogens with one attached hydrogen (secondary N) is 1. The first-order chi connectivity index (χ1) is 15.0. The van der Waals surface area contributed by atoms with Gasteiger partial charge in [-0.05, 0) is 29.8 Å². The number of halogens is 1. The second-order valence-corrected chi connectivity index (χ2v) is 7.09. The van der Waals surface area contributed by atoms with E-state index in [-0.39, 0.29) is 30.7 Å². The van der Waals surface area contributed by atoms with Crippen LogP contribution in [0, 0.1) is 0 Å². The molecule has 0 spiro atoms. The third-order valence-electron chi connectivity index (χ3n) is 4.29. The maximum Gasteiger partial charge on any atom is 0.273 e. The molecule has 0 atom stereocenters. The van der Waals surface area contributed by atoms with Crippen molar-refractivity contribution in [1.82, 2.24) is 15.4 Å². The van der Waals surface area contributed by atoms with Crippen LogP contribution in [-0.2, 0) is 17.9 Å². The molecule has 31 heavy (non-hydrogen) atoms. The summed E-state index contributed by atoms with van der Waals surface area (Å²) < 4.78 is 10.8. The SMILES string of the molecule is C=CCN(Cc1cc(C(=O)NCc2cccc(Cl)c2)no1)C(=O)COc1ccccc1. The highest BCUT2D eigenvalue weighted by atomic mass is 35.5. The minimum atomic E-state index is -0.385. The molecule has 8 heteroatoms.